The number of rotatable bonds is 15. The Morgan fingerprint density at radius 3 is 1.70 bits per heavy atom. The van der Waals surface area contributed by atoms with Crippen molar-refractivity contribution < 1.29 is 33.4 Å². The molecule has 0 aliphatic heterocycles. The molecule has 2 aromatic rings. The first-order chi connectivity index (χ1) is 20.7. The average molecular weight is 613 g/mol. The van der Waals surface area contributed by atoms with Crippen LogP contribution in [0.1, 0.15) is 52.7 Å². The zero-order chi connectivity index (χ0) is 32.9. The molecule has 0 aliphatic rings. The van der Waals surface area contributed by atoms with Crippen molar-refractivity contribution in [2.24, 2.45) is 5.92 Å². The lowest BCUT2D eigenvalue weighted by Crippen LogP contribution is -2.59. The van der Waals surface area contributed by atoms with E-state index in [2.05, 4.69) is 21.3 Å². The fourth-order valence-corrected chi connectivity index (χ4v) is 4.47. The van der Waals surface area contributed by atoms with Crippen LogP contribution in [0.15, 0.2) is 60.7 Å². The van der Waals surface area contributed by atoms with Crippen molar-refractivity contribution in [2.75, 3.05) is 14.2 Å². The largest absolute Gasteiger partial charge is 0.458 e. The van der Waals surface area contributed by atoms with Crippen molar-refractivity contribution in [1.29, 1.82) is 0 Å². The van der Waals surface area contributed by atoms with Crippen molar-refractivity contribution in [3.05, 3.63) is 71.8 Å². The number of esters is 1. The average Bonchev–Trinajstić information content (AvgIpc) is 2.95. The molecule has 0 saturated carbocycles. The summed E-state index contributed by atoms with van der Waals surface area (Å²) in [5.41, 5.74) is 1.05. The van der Waals surface area contributed by atoms with Gasteiger partial charge in [0.25, 0.3) is 0 Å². The molecule has 0 heterocycles. The summed E-state index contributed by atoms with van der Waals surface area (Å²) in [6.07, 6.45) is -0.0776. The Balaban J connectivity index is 2.08. The molecule has 11 heteroatoms. The van der Waals surface area contributed by atoms with Gasteiger partial charge in [0.1, 0.15) is 23.7 Å². The summed E-state index contributed by atoms with van der Waals surface area (Å²) in [6, 6.07) is 14.6. The highest BCUT2D eigenvalue weighted by Crippen LogP contribution is 2.13. The third-order valence-corrected chi connectivity index (χ3v) is 6.69. The van der Waals surface area contributed by atoms with E-state index in [0.717, 1.165) is 11.1 Å². The highest BCUT2D eigenvalue weighted by molar-refractivity contribution is 5.92. The molecule has 0 spiro atoms. The minimum absolute atomic E-state index is 0.202. The van der Waals surface area contributed by atoms with E-state index in [0.29, 0.717) is 6.42 Å². The van der Waals surface area contributed by atoms with Crippen molar-refractivity contribution in [2.45, 2.75) is 90.4 Å². The van der Waals surface area contributed by atoms with Crippen LogP contribution in [0.5, 0.6) is 0 Å². The maximum absolute atomic E-state index is 13.4. The van der Waals surface area contributed by atoms with E-state index in [1.165, 1.54) is 21.1 Å². The number of carbonyl (C=O) groups excluding carboxylic acids is 4. The van der Waals surface area contributed by atoms with Crippen LogP contribution in [0.25, 0.3) is 0 Å². The van der Waals surface area contributed by atoms with E-state index in [4.69, 9.17) is 14.2 Å². The molecule has 11 nitrogen and oxygen atoms in total. The predicted molar refractivity (Wildman–Crippen MR) is 168 cm³/mol. The Morgan fingerprint density at radius 2 is 1.23 bits per heavy atom. The minimum Gasteiger partial charge on any atom is -0.458 e. The SMILES string of the molecule is COC(OC)[C@H](Cc1ccccc1)NC(=O)[C@@H](NC(=O)[C@H](C)NC(=O)N[C@@H](Cc1ccccc1)C(=O)OC(C)(C)C)C(C)C. The van der Waals surface area contributed by atoms with Crippen molar-refractivity contribution in [3.63, 3.8) is 0 Å². The summed E-state index contributed by atoms with van der Waals surface area (Å²) in [7, 11) is 2.98. The van der Waals surface area contributed by atoms with Gasteiger partial charge < -0.3 is 35.5 Å². The van der Waals surface area contributed by atoms with Crippen LogP contribution in [0, 0.1) is 5.92 Å². The number of benzene rings is 2. The fourth-order valence-electron chi connectivity index (χ4n) is 4.47. The second-order valence-corrected chi connectivity index (χ2v) is 12.0. The van der Waals surface area contributed by atoms with Gasteiger partial charge in [0.2, 0.25) is 11.8 Å². The Bertz CT molecular complexity index is 1200. The number of urea groups is 1. The molecular formula is C33H48N4O7. The van der Waals surface area contributed by atoms with Crippen LogP contribution in [0.4, 0.5) is 4.79 Å². The second-order valence-electron chi connectivity index (χ2n) is 12.0. The van der Waals surface area contributed by atoms with Crippen LogP contribution in [-0.4, -0.2) is 74.1 Å². The molecule has 0 saturated heterocycles. The molecule has 2 rings (SSSR count). The topological polar surface area (TPSA) is 144 Å². The molecular weight excluding hydrogens is 564 g/mol. The molecule has 0 bridgehead atoms. The molecule has 4 N–H and O–H groups in total. The lowest BCUT2D eigenvalue weighted by molar-refractivity contribution is -0.157. The third-order valence-electron chi connectivity index (χ3n) is 6.69. The molecule has 0 radical (unpaired) electrons. The number of hydrogen-bond acceptors (Lipinski definition) is 7. The van der Waals surface area contributed by atoms with Crippen LogP contribution < -0.4 is 21.3 Å². The predicted octanol–water partition coefficient (Wildman–Crippen LogP) is 3.11. The van der Waals surface area contributed by atoms with Crippen LogP contribution >= 0.6 is 0 Å². The summed E-state index contributed by atoms with van der Waals surface area (Å²) >= 11 is 0. The zero-order valence-electron chi connectivity index (χ0n) is 27.0. The van der Waals surface area contributed by atoms with Gasteiger partial charge in [-0.25, -0.2) is 9.59 Å². The normalized spacial score (nSPS) is 14.2. The summed E-state index contributed by atoms with van der Waals surface area (Å²) in [5.74, 6) is -1.86. The lowest BCUT2D eigenvalue weighted by Gasteiger charge is -2.30. The Kier molecular flexibility index (Phi) is 14.3. The summed E-state index contributed by atoms with van der Waals surface area (Å²) in [6.45, 7) is 10.3. The first-order valence-corrected chi connectivity index (χ1v) is 14.8. The summed E-state index contributed by atoms with van der Waals surface area (Å²) in [4.78, 5) is 52.4. The zero-order valence-corrected chi connectivity index (χ0v) is 27.0. The van der Waals surface area contributed by atoms with Gasteiger partial charge in [-0.05, 0) is 51.2 Å². The quantitative estimate of drug-likeness (QED) is 0.179. The van der Waals surface area contributed by atoms with Gasteiger partial charge in [0.15, 0.2) is 6.29 Å². The number of methoxy groups -OCH3 is 2. The van der Waals surface area contributed by atoms with E-state index in [1.807, 2.05) is 60.7 Å². The highest BCUT2D eigenvalue weighted by atomic mass is 16.7. The maximum atomic E-state index is 13.4. The van der Waals surface area contributed by atoms with E-state index < -0.39 is 59.9 Å². The molecule has 0 aromatic heterocycles. The lowest BCUT2D eigenvalue weighted by atomic mass is 10.0. The standard InChI is InChI=1S/C33H48N4O7/c1-21(2)27(29(39)35-26(31(42-7)43-8)20-24-17-13-10-14-18-24)37-28(38)22(3)34-32(41)36-25(30(40)44-33(4,5)6)19-23-15-11-9-12-16-23/h9-18,21-22,25-27,31H,19-20H2,1-8H3,(H,35,39)(H,37,38)(H2,34,36,41)/t22-,25-,26-,27-/m0/s1. The second kappa shape index (κ2) is 17.4. The Morgan fingerprint density at radius 1 is 0.705 bits per heavy atom. The third kappa shape index (κ3) is 12.3. The van der Waals surface area contributed by atoms with E-state index in [9.17, 15) is 19.2 Å². The van der Waals surface area contributed by atoms with E-state index in [1.54, 1.807) is 34.6 Å². The maximum Gasteiger partial charge on any atom is 0.329 e. The smallest absolute Gasteiger partial charge is 0.329 e. The fraction of sp³-hybridized carbons (Fsp3) is 0.515. The number of amides is 4. The highest BCUT2D eigenvalue weighted by Gasteiger charge is 2.32. The van der Waals surface area contributed by atoms with Crippen molar-refractivity contribution >= 4 is 23.8 Å². The number of carbonyl (C=O) groups is 4. The molecule has 4 amide bonds. The number of nitrogens with one attached hydrogen (secondary N) is 4. The summed E-state index contributed by atoms with van der Waals surface area (Å²) < 4.78 is 16.4. The molecule has 2 aromatic carbocycles. The molecule has 4 atom stereocenters. The number of ether oxygens (including phenoxy) is 3. The number of hydrogen-bond donors (Lipinski definition) is 4. The molecule has 44 heavy (non-hydrogen) atoms. The van der Waals surface area contributed by atoms with E-state index in [-0.39, 0.29) is 12.3 Å². The van der Waals surface area contributed by atoms with Gasteiger partial charge in [-0.15, -0.1) is 0 Å². The van der Waals surface area contributed by atoms with Crippen LogP contribution in [0.2, 0.25) is 0 Å². The van der Waals surface area contributed by atoms with Gasteiger partial charge >= 0.3 is 12.0 Å². The molecule has 0 fully saturated rings. The van der Waals surface area contributed by atoms with Gasteiger partial charge in [-0.1, -0.05) is 74.5 Å². The summed E-state index contributed by atoms with van der Waals surface area (Å²) in [5, 5.41) is 10.9. The molecule has 0 unspecified atom stereocenters. The Labute approximate surface area is 260 Å². The van der Waals surface area contributed by atoms with Gasteiger partial charge in [-0.2, -0.15) is 0 Å². The van der Waals surface area contributed by atoms with Crippen molar-refractivity contribution in [3.8, 4) is 0 Å². The molecule has 242 valence electrons. The van der Waals surface area contributed by atoms with Crippen LogP contribution in [0.3, 0.4) is 0 Å². The van der Waals surface area contributed by atoms with Crippen molar-refractivity contribution in [1.82, 2.24) is 21.3 Å². The van der Waals surface area contributed by atoms with Gasteiger partial charge in [0.05, 0.1) is 6.04 Å². The minimum atomic E-state index is -1.02. The Hall–Kier alpha value is -3.96. The van der Waals surface area contributed by atoms with Gasteiger partial charge in [-0.3, -0.25) is 9.59 Å². The first kappa shape index (κ1) is 36.2. The van der Waals surface area contributed by atoms with Crippen LogP contribution in [-0.2, 0) is 41.4 Å². The van der Waals surface area contributed by atoms with Gasteiger partial charge in [0, 0.05) is 20.6 Å². The first-order valence-electron chi connectivity index (χ1n) is 14.8. The molecule has 0 aliphatic carbocycles. The monoisotopic (exact) mass is 612 g/mol. The van der Waals surface area contributed by atoms with E-state index >= 15 is 0 Å².